The van der Waals surface area contributed by atoms with Gasteiger partial charge in [0.15, 0.2) is 0 Å². The van der Waals surface area contributed by atoms with E-state index in [2.05, 4.69) is 0 Å². The number of sulfonamides is 1. The normalized spacial score (nSPS) is 20.6. The maximum absolute atomic E-state index is 12.6. The van der Waals surface area contributed by atoms with Crippen LogP contribution in [0.15, 0.2) is 16.3 Å². The summed E-state index contributed by atoms with van der Waals surface area (Å²) >= 11 is 1.23. The first-order valence-corrected chi connectivity index (χ1v) is 8.44. The number of aliphatic hydroxyl groups is 1. The summed E-state index contributed by atoms with van der Waals surface area (Å²) in [5.74, 6) is 0. The molecule has 1 aliphatic heterocycles. The Labute approximate surface area is 117 Å². The highest BCUT2D eigenvalue weighted by Gasteiger charge is 2.40. The van der Waals surface area contributed by atoms with Gasteiger partial charge in [-0.15, -0.1) is 11.3 Å². The van der Waals surface area contributed by atoms with E-state index in [4.69, 9.17) is 9.84 Å². The highest BCUT2D eigenvalue weighted by molar-refractivity contribution is 7.91. The molecule has 1 saturated heterocycles. The van der Waals surface area contributed by atoms with Crippen molar-refractivity contribution < 1.29 is 18.3 Å². The molecule has 5 nitrogen and oxygen atoms in total. The lowest BCUT2D eigenvalue weighted by molar-refractivity contribution is -0.00761. The maximum Gasteiger partial charge on any atom is 0.253 e. The molecular formula is C12H19NO4S2. The summed E-state index contributed by atoms with van der Waals surface area (Å²) in [6.07, 6.45) is 0.493. The zero-order valence-electron chi connectivity index (χ0n) is 11.1. The monoisotopic (exact) mass is 305 g/mol. The smallest absolute Gasteiger partial charge is 0.253 e. The third-order valence-corrected chi connectivity index (χ3v) is 6.83. The average Bonchev–Trinajstić information content (AvgIpc) is 2.78. The topological polar surface area (TPSA) is 66.8 Å². The molecule has 0 radical (unpaired) electrons. The van der Waals surface area contributed by atoms with Crippen molar-refractivity contribution in [3.05, 3.63) is 17.0 Å². The SMILES string of the molecule is CC1(C)COCCN1S(=O)(=O)c1ccc(CCO)s1. The molecule has 0 atom stereocenters. The van der Waals surface area contributed by atoms with Gasteiger partial charge in [0.25, 0.3) is 10.0 Å². The molecule has 1 aromatic heterocycles. The van der Waals surface area contributed by atoms with Gasteiger partial charge in [-0.3, -0.25) is 0 Å². The molecule has 0 saturated carbocycles. The fourth-order valence-electron chi connectivity index (χ4n) is 2.14. The molecule has 0 unspecified atom stereocenters. The van der Waals surface area contributed by atoms with Crippen LogP contribution in [0, 0.1) is 0 Å². The van der Waals surface area contributed by atoms with Crippen molar-refractivity contribution in [2.45, 2.75) is 30.0 Å². The number of aliphatic hydroxyl groups excluding tert-OH is 1. The third-order valence-electron chi connectivity index (χ3n) is 3.11. The third kappa shape index (κ3) is 3.00. The van der Waals surface area contributed by atoms with Crippen LogP contribution >= 0.6 is 11.3 Å². The van der Waals surface area contributed by atoms with Crippen LogP contribution < -0.4 is 0 Å². The quantitative estimate of drug-likeness (QED) is 0.904. The second-order valence-corrected chi connectivity index (χ2v) is 8.39. The number of ether oxygens (including phenoxy) is 1. The van der Waals surface area contributed by atoms with E-state index in [-0.39, 0.29) is 6.61 Å². The maximum atomic E-state index is 12.6. The number of thiophene rings is 1. The highest BCUT2D eigenvalue weighted by atomic mass is 32.2. The van der Waals surface area contributed by atoms with Crippen LogP contribution in [0.25, 0.3) is 0 Å². The second-order valence-electron chi connectivity index (χ2n) is 5.14. The molecule has 0 aliphatic carbocycles. The summed E-state index contributed by atoms with van der Waals surface area (Å²) in [7, 11) is -3.48. The molecule has 108 valence electrons. The van der Waals surface area contributed by atoms with Crippen LogP contribution in [0.3, 0.4) is 0 Å². The minimum atomic E-state index is -3.48. The van der Waals surface area contributed by atoms with E-state index in [1.54, 1.807) is 12.1 Å². The minimum absolute atomic E-state index is 0.0308. The van der Waals surface area contributed by atoms with Crippen LogP contribution in [0.4, 0.5) is 0 Å². The van der Waals surface area contributed by atoms with Gasteiger partial charge in [0, 0.05) is 24.4 Å². The number of morpholine rings is 1. The molecule has 0 aromatic carbocycles. The summed E-state index contributed by atoms with van der Waals surface area (Å²) < 4.78 is 32.5. The molecular weight excluding hydrogens is 286 g/mol. The van der Waals surface area contributed by atoms with E-state index in [0.717, 1.165) is 4.88 Å². The minimum Gasteiger partial charge on any atom is -0.396 e. The lowest BCUT2D eigenvalue weighted by Crippen LogP contribution is -2.55. The first kappa shape index (κ1) is 14.9. The lowest BCUT2D eigenvalue weighted by Gasteiger charge is -2.40. The molecule has 1 fully saturated rings. The predicted octanol–water partition coefficient (Wildman–Crippen LogP) is 1.08. The van der Waals surface area contributed by atoms with Crippen molar-refractivity contribution in [1.29, 1.82) is 0 Å². The van der Waals surface area contributed by atoms with Gasteiger partial charge in [0.1, 0.15) is 4.21 Å². The molecule has 2 heterocycles. The van der Waals surface area contributed by atoms with E-state index in [0.29, 0.717) is 30.4 Å². The van der Waals surface area contributed by atoms with E-state index < -0.39 is 15.6 Å². The van der Waals surface area contributed by atoms with E-state index in [1.165, 1.54) is 15.6 Å². The Hall–Kier alpha value is -0.470. The van der Waals surface area contributed by atoms with Gasteiger partial charge in [-0.1, -0.05) is 0 Å². The van der Waals surface area contributed by atoms with Gasteiger partial charge in [-0.2, -0.15) is 4.31 Å². The van der Waals surface area contributed by atoms with Crippen molar-refractivity contribution in [2.75, 3.05) is 26.4 Å². The van der Waals surface area contributed by atoms with Gasteiger partial charge in [0.2, 0.25) is 0 Å². The Kier molecular flexibility index (Phi) is 4.32. The standard InChI is InChI=1S/C12H19NO4S2/c1-12(2)9-17-8-6-13(12)19(15,16)11-4-3-10(18-11)5-7-14/h3-4,14H,5-9H2,1-2H3. The van der Waals surface area contributed by atoms with E-state index in [1.807, 2.05) is 13.8 Å². The van der Waals surface area contributed by atoms with Gasteiger partial charge in [-0.05, 0) is 26.0 Å². The Morgan fingerprint density at radius 2 is 2.21 bits per heavy atom. The van der Waals surface area contributed by atoms with E-state index >= 15 is 0 Å². The zero-order valence-corrected chi connectivity index (χ0v) is 12.8. The molecule has 1 aromatic rings. The van der Waals surface area contributed by atoms with Gasteiger partial charge in [-0.25, -0.2) is 8.42 Å². The Morgan fingerprint density at radius 1 is 1.47 bits per heavy atom. The number of rotatable bonds is 4. The van der Waals surface area contributed by atoms with Crippen molar-refractivity contribution in [1.82, 2.24) is 4.31 Å². The summed E-state index contributed by atoms with van der Waals surface area (Å²) in [5, 5.41) is 8.89. The first-order valence-electron chi connectivity index (χ1n) is 6.18. The zero-order chi connectivity index (χ0) is 14.1. The van der Waals surface area contributed by atoms with Crippen molar-refractivity contribution in [3.63, 3.8) is 0 Å². The number of hydrogen-bond donors (Lipinski definition) is 1. The lowest BCUT2D eigenvalue weighted by atomic mass is 10.1. The van der Waals surface area contributed by atoms with Crippen LogP contribution in [-0.4, -0.2) is 49.7 Å². The summed E-state index contributed by atoms with van der Waals surface area (Å²) in [5.41, 5.74) is -0.530. The Bertz CT molecular complexity index is 536. The molecule has 2 rings (SSSR count). The van der Waals surface area contributed by atoms with Crippen LogP contribution in [0.5, 0.6) is 0 Å². The molecule has 0 bridgehead atoms. The second kappa shape index (κ2) is 5.49. The summed E-state index contributed by atoms with van der Waals surface area (Å²) in [6.45, 7) is 4.97. The Morgan fingerprint density at radius 3 is 2.84 bits per heavy atom. The summed E-state index contributed by atoms with van der Waals surface area (Å²) in [4.78, 5) is 0.882. The molecule has 1 N–H and O–H groups in total. The molecule has 0 amide bonds. The Balaban J connectivity index is 2.30. The molecule has 0 spiro atoms. The fourth-order valence-corrected chi connectivity index (χ4v) is 5.35. The largest absolute Gasteiger partial charge is 0.396 e. The van der Waals surface area contributed by atoms with Crippen molar-refractivity contribution in [2.24, 2.45) is 0 Å². The predicted molar refractivity (Wildman–Crippen MR) is 73.9 cm³/mol. The summed E-state index contributed by atoms with van der Waals surface area (Å²) in [6, 6.07) is 3.39. The van der Waals surface area contributed by atoms with Gasteiger partial charge >= 0.3 is 0 Å². The fraction of sp³-hybridized carbons (Fsp3) is 0.667. The first-order chi connectivity index (χ1) is 8.88. The molecule has 1 aliphatic rings. The van der Waals surface area contributed by atoms with Crippen LogP contribution in [0.2, 0.25) is 0 Å². The van der Waals surface area contributed by atoms with Crippen molar-refractivity contribution in [3.8, 4) is 0 Å². The van der Waals surface area contributed by atoms with Gasteiger partial charge < -0.3 is 9.84 Å². The van der Waals surface area contributed by atoms with E-state index in [9.17, 15) is 8.42 Å². The number of nitrogens with zero attached hydrogens (tertiary/aromatic N) is 1. The average molecular weight is 305 g/mol. The van der Waals surface area contributed by atoms with Crippen LogP contribution in [-0.2, 0) is 21.2 Å². The highest BCUT2D eigenvalue weighted by Crippen LogP contribution is 2.31. The molecule has 7 heteroatoms. The van der Waals surface area contributed by atoms with Crippen LogP contribution in [0.1, 0.15) is 18.7 Å². The van der Waals surface area contributed by atoms with Gasteiger partial charge in [0.05, 0.1) is 18.8 Å². The molecule has 19 heavy (non-hydrogen) atoms. The van der Waals surface area contributed by atoms with Crippen molar-refractivity contribution >= 4 is 21.4 Å². The number of hydrogen-bond acceptors (Lipinski definition) is 5.